The van der Waals surface area contributed by atoms with Crippen LogP contribution in [0.2, 0.25) is 0 Å². The van der Waals surface area contributed by atoms with Gasteiger partial charge in [0.05, 0.1) is 0 Å². The van der Waals surface area contributed by atoms with Crippen LogP contribution in [-0.2, 0) is 98.1 Å². The van der Waals surface area contributed by atoms with Gasteiger partial charge in [0.2, 0.25) is 0 Å². The molecule has 0 nitrogen and oxygen atoms in total. The Morgan fingerprint density at radius 1 is 0.536 bits per heavy atom. The van der Waals surface area contributed by atoms with Gasteiger partial charge in [0, 0.05) is 98.1 Å². The van der Waals surface area contributed by atoms with E-state index in [1.54, 1.807) is 0 Å². The predicted octanol–water partition coefficient (Wildman–Crippen LogP) is 9.00. The van der Waals surface area contributed by atoms with Crippen molar-refractivity contribution >= 4 is 0 Å². The molecule has 3 radical (unpaired) electrons. The van der Waals surface area contributed by atoms with Gasteiger partial charge < -0.3 is 41.5 Å². The van der Waals surface area contributed by atoms with E-state index in [4.69, 9.17) is 0 Å². The Labute approximate surface area is 260 Å². The summed E-state index contributed by atoms with van der Waals surface area (Å²) in [5.74, 6) is 4.04. The van der Waals surface area contributed by atoms with Crippen LogP contribution in [0.25, 0.3) is 0 Å². The van der Waals surface area contributed by atoms with E-state index in [-0.39, 0.29) is 113 Å². The minimum absolute atomic E-state index is 0. The van der Waals surface area contributed by atoms with Gasteiger partial charge in [0.25, 0.3) is 0 Å². The quantitative estimate of drug-likeness (QED) is 0.238. The topological polar surface area (TPSA) is 0 Å². The van der Waals surface area contributed by atoms with Gasteiger partial charge in [-0.3, -0.25) is 0 Å². The summed E-state index contributed by atoms with van der Waals surface area (Å²) in [4.78, 5) is 0. The fourth-order valence-electron chi connectivity index (χ4n) is 1.74. The van der Waals surface area contributed by atoms with Crippen molar-refractivity contribution < 1.29 is 98.1 Å². The van der Waals surface area contributed by atoms with Crippen molar-refractivity contribution in [3.63, 3.8) is 0 Å². The summed E-state index contributed by atoms with van der Waals surface area (Å²) < 4.78 is 0. The van der Waals surface area contributed by atoms with Crippen LogP contribution in [0.15, 0.2) is 0 Å². The zero-order chi connectivity index (χ0) is 19.0. The fraction of sp³-hybridized carbons (Fsp3) is 0.760. The first-order valence-electron chi connectivity index (χ1n) is 9.41. The second-order valence-electron chi connectivity index (χ2n) is 7.52. The van der Waals surface area contributed by atoms with Crippen molar-refractivity contribution in [2.24, 2.45) is 35.5 Å². The number of hydrogen-bond donors (Lipinski definition) is 0. The maximum atomic E-state index is 3.99. The minimum Gasteiger partial charge on any atom is -0.345 e. The monoisotopic (exact) mass is 621 g/mol. The Bertz CT molecular complexity index is 212. The Morgan fingerprint density at radius 3 is 0.893 bits per heavy atom. The van der Waals surface area contributed by atoms with Crippen LogP contribution in [-0.4, -0.2) is 0 Å². The van der Waals surface area contributed by atoms with Gasteiger partial charge in [0.1, 0.15) is 0 Å². The van der Waals surface area contributed by atoms with Gasteiger partial charge in [-0.1, -0.05) is 74.1 Å². The minimum atomic E-state index is 0. The predicted molar refractivity (Wildman–Crippen MR) is 124 cm³/mol. The molecule has 0 aliphatic carbocycles. The molecule has 3 heteroatoms. The SMILES string of the molecule is C.C.[CH2-]CC(C[CH2-])C(C)C.[CH2-]CC([CH2-])C(C)C.[CH2-]CCC([CH2-])C(C)C.[Y].[Y].[Y]. The molecule has 0 saturated heterocycles. The van der Waals surface area contributed by atoms with E-state index in [1.165, 1.54) is 0 Å². The molecule has 0 saturated carbocycles. The van der Waals surface area contributed by atoms with Crippen molar-refractivity contribution in [3.8, 4) is 0 Å². The Balaban J connectivity index is -0.0000000329. The summed E-state index contributed by atoms with van der Waals surface area (Å²) in [5.41, 5.74) is 0. The van der Waals surface area contributed by atoms with E-state index in [2.05, 4.69) is 83.1 Å². The van der Waals surface area contributed by atoms with Crippen LogP contribution in [0.5, 0.6) is 0 Å². The zero-order valence-corrected chi connectivity index (χ0v) is 27.5. The molecular formula is C25H54Y3-6. The molecule has 2 atom stereocenters. The van der Waals surface area contributed by atoms with Gasteiger partial charge in [-0.15, -0.1) is 6.42 Å². The molecule has 28 heavy (non-hydrogen) atoms. The Hall–Kier alpha value is 3.31. The molecule has 0 N–H and O–H groups in total. The largest absolute Gasteiger partial charge is 0.345 e. The number of hydrogen-bond acceptors (Lipinski definition) is 0. The van der Waals surface area contributed by atoms with Crippen LogP contribution >= 0.6 is 0 Å². The van der Waals surface area contributed by atoms with Crippen LogP contribution < -0.4 is 0 Å². The molecule has 0 fully saturated rings. The van der Waals surface area contributed by atoms with Crippen molar-refractivity contribution in [3.05, 3.63) is 41.5 Å². The van der Waals surface area contributed by atoms with Crippen LogP contribution in [0.1, 0.15) is 88.5 Å². The van der Waals surface area contributed by atoms with E-state index in [9.17, 15) is 0 Å². The first kappa shape index (κ1) is 52.9. The maximum Gasteiger partial charge on any atom is 0 e. The Kier molecular flexibility index (Phi) is 71.1. The molecule has 0 spiro atoms. The third kappa shape index (κ3) is 39.8. The first-order chi connectivity index (χ1) is 10.6. The van der Waals surface area contributed by atoms with Crippen LogP contribution in [0.3, 0.4) is 0 Å². The summed E-state index contributed by atoms with van der Waals surface area (Å²) in [5, 5.41) is 0. The van der Waals surface area contributed by atoms with Crippen molar-refractivity contribution in [1.82, 2.24) is 0 Å². The molecule has 0 aromatic rings. The van der Waals surface area contributed by atoms with Crippen molar-refractivity contribution in [1.29, 1.82) is 0 Å². The molecule has 0 aromatic carbocycles. The molecular weight excluding hydrogens is 567 g/mol. The fourth-order valence-corrected chi connectivity index (χ4v) is 1.74. The molecule has 0 aromatic heterocycles. The van der Waals surface area contributed by atoms with E-state index in [1.807, 2.05) is 0 Å². The molecule has 169 valence electrons. The summed E-state index contributed by atoms with van der Waals surface area (Å²) in [6, 6.07) is 0. The van der Waals surface area contributed by atoms with Gasteiger partial charge in [-0.2, -0.15) is 31.1 Å². The van der Waals surface area contributed by atoms with Crippen LogP contribution in [0.4, 0.5) is 0 Å². The maximum absolute atomic E-state index is 3.99. The normalized spacial score (nSPS) is 11.1. The molecule has 0 aliphatic rings. The van der Waals surface area contributed by atoms with Gasteiger partial charge in [0.15, 0.2) is 0 Å². The van der Waals surface area contributed by atoms with E-state index in [0.29, 0.717) is 17.8 Å². The number of rotatable bonds is 8. The molecule has 0 aliphatic heterocycles. The summed E-state index contributed by atoms with van der Waals surface area (Å²) in [7, 11) is 0. The first-order valence-corrected chi connectivity index (χ1v) is 9.41. The molecule has 0 bridgehead atoms. The molecule has 0 rings (SSSR count). The molecule has 0 amide bonds. The van der Waals surface area contributed by atoms with Gasteiger partial charge in [-0.05, 0) is 5.92 Å². The smallest absolute Gasteiger partial charge is 0 e. The summed E-state index contributed by atoms with van der Waals surface area (Å²) >= 11 is 0. The van der Waals surface area contributed by atoms with Gasteiger partial charge >= 0.3 is 0 Å². The third-order valence-corrected chi connectivity index (χ3v) is 4.52. The standard InChI is InChI=1S/2C8H16.C7H14.2CH4.3Y/c1-5-6-8(4)7(2)3;1-5-8(6-2)7(3)4;1-5-7(4)6(2)3;;;;;/h7-8H,1,4-6H2,2-3H3;7-8H,1-2,5-6H2,3-4H3;6-7H,1,4-5H2,2-3H3;2*1H4;;;/q3*-2;;;;;. The summed E-state index contributed by atoms with van der Waals surface area (Å²) in [6.07, 6.45) is 5.20. The average Bonchev–Trinajstić information content (AvgIpc) is 2.48. The van der Waals surface area contributed by atoms with Crippen LogP contribution in [0, 0.1) is 77.0 Å². The van der Waals surface area contributed by atoms with E-state index < -0.39 is 0 Å². The second-order valence-corrected chi connectivity index (χ2v) is 7.52. The van der Waals surface area contributed by atoms with Crippen molar-refractivity contribution in [2.45, 2.75) is 88.5 Å². The van der Waals surface area contributed by atoms with Gasteiger partial charge in [-0.25, -0.2) is 6.42 Å². The molecule has 0 heterocycles. The van der Waals surface area contributed by atoms with E-state index >= 15 is 0 Å². The van der Waals surface area contributed by atoms with E-state index in [0.717, 1.165) is 49.9 Å². The Morgan fingerprint density at radius 2 is 0.857 bits per heavy atom. The zero-order valence-electron chi connectivity index (χ0n) is 19.0. The molecule has 2 unspecified atom stereocenters. The average molecular weight is 621 g/mol. The third-order valence-electron chi connectivity index (χ3n) is 4.52. The van der Waals surface area contributed by atoms with Crippen molar-refractivity contribution in [2.75, 3.05) is 0 Å². The summed E-state index contributed by atoms with van der Waals surface area (Å²) in [6.45, 7) is 36.3. The second kappa shape index (κ2) is 37.6.